The molecule has 1 aliphatic carbocycles. The third-order valence-corrected chi connectivity index (χ3v) is 5.56. The Bertz CT molecular complexity index is 402. The number of nitrogens with one attached hydrogen (secondary N) is 1. The molecule has 0 radical (unpaired) electrons. The Hall–Kier alpha value is -0.860. The Morgan fingerprint density at radius 3 is 2.30 bits per heavy atom. The quantitative estimate of drug-likeness (QED) is 0.788. The van der Waals surface area contributed by atoms with Crippen LogP contribution >= 0.6 is 0 Å². The number of rotatable bonds is 2. The average molecular weight is 279 g/mol. The van der Waals surface area contributed by atoms with Crippen molar-refractivity contribution in [2.24, 2.45) is 35.0 Å². The van der Waals surface area contributed by atoms with Gasteiger partial charge in [0.1, 0.15) is 0 Å². The maximum Gasteiger partial charge on any atom is 0.230 e. The summed E-state index contributed by atoms with van der Waals surface area (Å²) in [6.07, 6.45) is 3.94. The number of carbonyl (C=O) groups is 2. The first-order chi connectivity index (χ1) is 9.28. The first kappa shape index (κ1) is 15.5. The molecule has 2 fully saturated rings. The van der Waals surface area contributed by atoms with E-state index in [0.29, 0.717) is 24.2 Å². The normalized spacial score (nSPS) is 38.6. The predicted molar refractivity (Wildman–Crippen MR) is 79.9 cm³/mol. The number of hydrogen-bond donors (Lipinski definition) is 1. The van der Waals surface area contributed by atoms with E-state index >= 15 is 0 Å². The molecule has 0 aromatic heterocycles. The van der Waals surface area contributed by atoms with Crippen molar-refractivity contribution < 1.29 is 9.59 Å². The molecule has 1 spiro atoms. The third-order valence-electron chi connectivity index (χ3n) is 5.56. The van der Waals surface area contributed by atoms with Crippen LogP contribution in [-0.4, -0.2) is 11.8 Å². The van der Waals surface area contributed by atoms with E-state index in [2.05, 4.69) is 39.9 Å². The lowest BCUT2D eigenvalue weighted by Crippen LogP contribution is -2.59. The summed E-state index contributed by atoms with van der Waals surface area (Å²) in [7, 11) is 0. The zero-order valence-corrected chi connectivity index (χ0v) is 13.5. The van der Waals surface area contributed by atoms with Gasteiger partial charge in [-0.3, -0.25) is 14.9 Å². The second kappa shape index (κ2) is 5.50. The molecule has 0 aromatic rings. The van der Waals surface area contributed by atoms with Crippen LogP contribution in [-0.2, 0) is 9.59 Å². The van der Waals surface area contributed by atoms with Gasteiger partial charge in [-0.25, -0.2) is 0 Å². The van der Waals surface area contributed by atoms with Crippen molar-refractivity contribution >= 4 is 11.8 Å². The van der Waals surface area contributed by atoms with Gasteiger partial charge in [0.2, 0.25) is 11.8 Å². The molecular formula is C17H29NO2. The van der Waals surface area contributed by atoms with Gasteiger partial charge in [-0.1, -0.05) is 41.0 Å². The van der Waals surface area contributed by atoms with E-state index in [-0.39, 0.29) is 29.1 Å². The molecule has 1 saturated heterocycles. The zero-order chi connectivity index (χ0) is 15.1. The molecular weight excluding hydrogens is 250 g/mol. The van der Waals surface area contributed by atoms with Crippen LogP contribution in [0.5, 0.6) is 0 Å². The van der Waals surface area contributed by atoms with Crippen molar-refractivity contribution in [1.29, 1.82) is 0 Å². The van der Waals surface area contributed by atoms with E-state index in [0.717, 1.165) is 12.8 Å². The third kappa shape index (κ3) is 2.51. The molecule has 1 heterocycles. The minimum atomic E-state index is -0.112. The van der Waals surface area contributed by atoms with Gasteiger partial charge in [0.15, 0.2) is 0 Å². The fourth-order valence-corrected chi connectivity index (χ4v) is 5.11. The lowest BCUT2D eigenvalue weighted by molar-refractivity contribution is -0.155. The number of imide groups is 1. The average Bonchev–Trinajstić information content (AvgIpc) is 2.25. The highest BCUT2D eigenvalue weighted by molar-refractivity contribution is 6.00. The number of carbonyl (C=O) groups excluding carboxylic acids is 2. The lowest BCUT2D eigenvalue weighted by atomic mass is 9.50. The van der Waals surface area contributed by atoms with Crippen LogP contribution in [0.3, 0.4) is 0 Å². The molecule has 0 bridgehead atoms. The largest absolute Gasteiger partial charge is 0.296 e. The number of amides is 2. The minimum absolute atomic E-state index is 0.0182. The minimum Gasteiger partial charge on any atom is -0.296 e. The topological polar surface area (TPSA) is 46.2 Å². The molecule has 1 N–H and O–H groups in total. The molecule has 2 aliphatic rings. The fourth-order valence-electron chi connectivity index (χ4n) is 5.11. The Labute approximate surface area is 122 Å². The molecule has 2 amide bonds. The molecule has 20 heavy (non-hydrogen) atoms. The molecule has 1 aliphatic heterocycles. The van der Waals surface area contributed by atoms with Gasteiger partial charge in [-0.15, -0.1) is 0 Å². The maximum absolute atomic E-state index is 12.5. The molecule has 3 heteroatoms. The summed E-state index contributed by atoms with van der Waals surface area (Å²) in [4.78, 5) is 24.5. The monoisotopic (exact) mass is 279 g/mol. The van der Waals surface area contributed by atoms with Gasteiger partial charge in [0, 0.05) is 12.3 Å². The van der Waals surface area contributed by atoms with E-state index in [1.807, 2.05) is 0 Å². The van der Waals surface area contributed by atoms with Gasteiger partial charge >= 0.3 is 0 Å². The van der Waals surface area contributed by atoms with Gasteiger partial charge in [-0.2, -0.15) is 0 Å². The van der Waals surface area contributed by atoms with Crippen LogP contribution in [0.1, 0.15) is 60.3 Å². The van der Waals surface area contributed by atoms with Crippen LogP contribution in [0.2, 0.25) is 0 Å². The summed E-state index contributed by atoms with van der Waals surface area (Å²) >= 11 is 0. The molecule has 1 saturated carbocycles. The summed E-state index contributed by atoms with van der Waals surface area (Å²) in [6.45, 7) is 11.0. The number of hydrogen-bond acceptors (Lipinski definition) is 2. The molecule has 0 aromatic carbocycles. The second-order valence-electron chi connectivity index (χ2n) is 7.78. The lowest BCUT2D eigenvalue weighted by Gasteiger charge is -2.54. The van der Waals surface area contributed by atoms with Crippen molar-refractivity contribution in [2.45, 2.75) is 60.3 Å². The van der Waals surface area contributed by atoms with Crippen LogP contribution < -0.4 is 5.32 Å². The van der Waals surface area contributed by atoms with Crippen molar-refractivity contribution in [3.05, 3.63) is 0 Å². The number of piperidine rings is 1. The van der Waals surface area contributed by atoms with E-state index in [1.165, 1.54) is 6.42 Å². The highest BCUT2D eigenvalue weighted by Gasteiger charge is 2.56. The highest BCUT2D eigenvalue weighted by Crippen LogP contribution is 2.56. The summed E-state index contributed by atoms with van der Waals surface area (Å²) in [5.74, 6) is 1.81. The Morgan fingerprint density at radius 2 is 1.75 bits per heavy atom. The summed E-state index contributed by atoms with van der Waals surface area (Å²) in [6, 6.07) is 0. The van der Waals surface area contributed by atoms with Gasteiger partial charge < -0.3 is 0 Å². The van der Waals surface area contributed by atoms with Crippen LogP contribution in [0, 0.1) is 35.0 Å². The summed E-state index contributed by atoms with van der Waals surface area (Å²) < 4.78 is 0. The zero-order valence-electron chi connectivity index (χ0n) is 13.5. The van der Waals surface area contributed by atoms with E-state index < -0.39 is 0 Å². The van der Waals surface area contributed by atoms with Gasteiger partial charge in [0.05, 0.1) is 0 Å². The maximum atomic E-state index is 12.5. The van der Waals surface area contributed by atoms with Crippen LogP contribution in [0.15, 0.2) is 0 Å². The molecule has 4 atom stereocenters. The SMILES string of the molecule is CC1CCC(C(C)C)C2(CC(=O)NC(=O)C2C(C)C)C1. The molecule has 3 nitrogen and oxygen atoms in total. The van der Waals surface area contributed by atoms with Crippen LogP contribution in [0.25, 0.3) is 0 Å². The molecule has 4 unspecified atom stereocenters. The van der Waals surface area contributed by atoms with Crippen molar-refractivity contribution in [3.8, 4) is 0 Å². The van der Waals surface area contributed by atoms with E-state index in [1.54, 1.807) is 0 Å². The smallest absolute Gasteiger partial charge is 0.230 e. The van der Waals surface area contributed by atoms with Crippen molar-refractivity contribution in [3.63, 3.8) is 0 Å². The fraction of sp³-hybridized carbons (Fsp3) is 0.882. The van der Waals surface area contributed by atoms with Crippen LogP contribution in [0.4, 0.5) is 0 Å². The Kier molecular flexibility index (Phi) is 4.27. The Morgan fingerprint density at radius 1 is 1.10 bits per heavy atom. The van der Waals surface area contributed by atoms with E-state index in [9.17, 15) is 9.59 Å². The summed E-state index contributed by atoms with van der Waals surface area (Å²) in [5, 5.41) is 2.58. The highest BCUT2D eigenvalue weighted by atomic mass is 16.2. The predicted octanol–water partition coefficient (Wildman–Crippen LogP) is 3.38. The second-order valence-corrected chi connectivity index (χ2v) is 7.78. The van der Waals surface area contributed by atoms with Gasteiger partial charge in [0.25, 0.3) is 0 Å². The summed E-state index contributed by atoms with van der Waals surface area (Å²) in [5.41, 5.74) is -0.112. The van der Waals surface area contributed by atoms with Gasteiger partial charge in [-0.05, 0) is 41.9 Å². The first-order valence-electron chi connectivity index (χ1n) is 8.11. The Balaban J connectivity index is 2.47. The standard InChI is InChI=1S/C17H29NO2/c1-10(2)13-7-6-12(5)8-17(13)9-14(19)18-16(20)15(17)11(3)4/h10-13,15H,6-9H2,1-5H3,(H,18,19,20). The van der Waals surface area contributed by atoms with Crippen molar-refractivity contribution in [2.75, 3.05) is 0 Å². The first-order valence-corrected chi connectivity index (χ1v) is 8.11. The van der Waals surface area contributed by atoms with E-state index in [4.69, 9.17) is 0 Å². The molecule has 114 valence electrons. The molecule has 2 rings (SSSR count). The van der Waals surface area contributed by atoms with Crippen molar-refractivity contribution in [1.82, 2.24) is 5.32 Å².